The summed E-state index contributed by atoms with van der Waals surface area (Å²) in [4.78, 5) is 11.9. The highest BCUT2D eigenvalue weighted by atomic mass is 16.1. The number of Topliss-reactive ketones (excluding diaryl/α,β-unsaturated/α-hetero) is 1. The van der Waals surface area contributed by atoms with E-state index in [9.17, 15) is 4.79 Å². The number of hydrogen-bond donors (Lipinski definition) is 0. The van der Waals surface area contributed by atoms with Gasteiger partial charge in [-0.3, -0.25) is 4.79 Å². The predicted molar refractivity (Wildman–Crippen MR) is 69.4 cm³/mol. The van der Waals surface area contributed by atoms with Crippen molar-refractivity contribution in [2.45, 2.75) is 66.2 Å². The summed E-state index contributed by atoms with van der Waals surface area (Å²) in [5, 5.41) is 0. The van der Waals surface area contributed by atoms with Gasteiger partial charge >= 0.3 is 0 Å². The van der Waals surface area contributed by atoms with E-state index in [0.717, 1.165) is 24.7 Å². The number of carbonyl (C=O) groups excluding carboxylic acids is 1. The van der Waals surface area contributed by atoms with Gasteiger partial charge in [0.1, 0.15) is 5.78 Å². The van der Waals surface area contributed by atoms with Gasteiger partial charge < -0.3 is 0 Å². The first-order valence-electron chi connectivity index (χ1n) is 7.04. The largest absolute Gasteiger partial charge is 0.299 e. The molecular formula is C15H28O. The molecule has 0 atom stereocenters. The third-order valence-corrected chi connectivity index (χ3v) is 3.97. The average Bonchev–Trinajstić information content (AvgIpc) is 2.26. The third-order valence-electron chi connectivity index (χ3n) is 3.97. The zero-order chi connectivity index (χ0) is 12.1. The molecule has 16 heavy (non-hydrogen) atoms. The van der Waals surface area contributed by atoms with Crippen molar-refractivity contribution < 1.29 is 4.79 Å². The highest BCUT2D eigenvalue weighted by molar-refractivity contribution is 5.82. The second-order valence-electron chi connectivity index (χ2n) is 6.25. The minimum absolute atomic E-state index is 0.234. The van der Waals surface area contributed by atoms with Crippen LogP contribution in [0.25, 0.3) is 0 Å². The van der Waals surface area contributed by atoms with Gasteiger partial charge in [0.15, 0.2) is 0 Å². The monoisotopic (exact) mass is 224 g/mol. The summed E-state index contributed by atoms with van der Waals surface area (Å²) < 4.78 is 0. The van der Waals surface area contributed by atoms with Crippen molar-refractivity contribution in [2.24, 2.45) is 23.7 Å². The Kier molecular flexibility index (Phi) is 5.51. The molecule has 0 amide bonds. The van der Waals surface area contributed by atoms with Crippen LogP contribution in [0.2, 0.25) is 0 Å². The molecule has 1 aliphatic carbocycles. The quantitative estimate of drug-likeness (QED) is 0.674. The molecule has 0 N–H and O–H groups in total. The molecule has 1 saturated carbocycles. The van der Waals surface area contributed by atoms with E-state index in [2.05, 4.69) is 13.8 Å². The molecule has 0 heterocycles. The van der Waals surface area contributed by atoms with Crippen LogP contribution in [0.15, 0.2) is 0 Å². The molecular weight excluding hydrogens is 196 g/mol. The average molecular weight is 224 g/mol. The molecule has 0 saturated heterocycles. The van der Waals surface area contributed by atoms with Crippen LogP contribution < -0.4 is 0 Å². The van der Waals surface area contributed by atoms with E-state index in [4.69, 9.17) is 0 Å². The van der Waals surface area contributed by atoms with Gasteiger partial charge in [-0.1, -0.05) is 40.5 Å². The van der Waals surface area contributed by atoms with Crippen molar-refractivity contribution in [2.75, 3.05) is 0 Å². The molecule has 1 heteroatoms. The van der Waals surface area contributed by atoms with Crippen LogP contribution in [0.5, 0.6) is 0 Å². The van der Waals surface area contributed by atoms with Gasteiger partial charge in [-0.25, -0.2) is 0 Å². The predicted octanol–water partition coefficient (Wildman–Crippen LogP) is 4.45. The molecule has 0 aromatic carbocycles. The fourth-order valence-corrected chi connectivity index (χ4v) is 2.78. The SMILES string of the molecule is CC(C)CC[C@H]1CC[C@@H](C(=O)C(C)C)CC1. The molecule has 1 fully saturated rings. The van der Waals surface area contributed by atoms with Crippen LogP contribution in [0.1, 0.15) is 66.2 Å². The Hall–Kier alpha value is -0.330. The molecule has 0 unspecified atom stereocenters. The molecule has 0 aliphatic heterocycles. The van der Waals surface area contributed by atoms with Crippen molar-refractivity contribution in [3.8, 4) is 0 Å². The van der Waals surface area contributed by atoms with Crippen LogP contribution in [0, 0.1) is 23.7 Å². The van der Waals surface area contributed by atoms with Gasteiger partial charge in [-0.2, -0.15) is 0 Å². The third kappa shape index (κ3) is 4.27. The fourth-order valence-electron chi connectivity index (χ4n) is 2.78. The van der Waals surface area contributed by atoms with Crippen LogP contribution in [0.4, 0.5) is 0 Å². The Morgan fingerprint density at radius 3 is 2.06 bits per heavy atom. The highest BCUT2D eigenvalue weighted by Crippen LogP contribution is 2.33. The standard InChI is InChI=1S/C15H28O/c1-11(2)5-6-13-7-9-14(10-8-13)15(16)12(3)4/h11-14H,5-10H2,1-4H3/t13-,14+. The molecule has 1 rings (SSSR count). The van der Waals surface area contributed by atoms with Gasteiger partial charge in [0.05, 0.1) is 0 Å². The summed E-state index contributed by atoms with van der Waals surface area (Å²) in [6.45, 7) is 8.67. The molecule has 0 spiro atoms. The second kappa shape index (κ2) is 6.42. The van der Waals surface area contributed by atoms with E-state index in [1.54, 1.807) is 0 Å². The number of ketones is 1. The van der Waals surface area contributed by atoms with Crippen molar-refractivity contribution in [1.29, 1.82) is 0 Å². The summed E-state index contributed by atoms with van der Waals surface area (Å²) in [5.41, 5.74) is 0. The maximum atomic E-state index is 11.9. The summed E-state index contributed by atoms with van der Waals surface area (Å²) in [6.07, 6.45) is 7.61. The van der Waals surface area contributed by atoms with E-state index in [1.807, 2.05) is 13.8 Å². The minimum atomic E-state index is 0.234. The molecule has 1 nitrogen and oxygen atoms in total. The molecule has 0 bridgehead atoms. The first-order chi connectivity index (χ1) is 7.50. The van der Waals surface area contributed by atoms with E-state index in [0.29, 0.717) is 11.7 Å². The van der Waals surface area contributed by atoms with E-state index < -0.39 is 0 Å². The molecule has 0 aromatic rings. The number of hydrogen-bond acceptors (Lipinski definition) is 1. The van der Waals surface area contributed by atoms with Crippen LogP contribution in [0.3, 0.4) is 0 Å². The van der Waals surface area contributed by atoms with Gasteiger partial charge in [-0.05, 0) is 37.5 Å². The number of carbonyl (C=O) groups is 1. The molecule has 0 radical (unpaired) electrons. The molecule has 94 valence electrons. The van der Waals surface area contributed by atoms with E-state index in [1.165, 1.54) is 25.7 Å². The first kappa shape index (κ1) is 13.7. The Morgan fingerprint density at radius 2 is 1.62 bits per heavy atom. The van der Waals surface area contributed by atoms with Gasteiger partial charge in [0, 0.05) is 11.8 Å². The topological polar surface area (TPSA) is 17.1 Å². The summed E-state index contributed by atoms with van der Waals surface area (Å²) in [7, 11) is 0. The van der Waals surface area contributed by atoms with Crippen LogP contribution in [-0.2, 0) is 4.79 Å². The zero-order valence-corrected chi connectivity index (χ0v) is 11.5. The van der Waals surface area contributed by atoms with Crippen molar-refractivity contribution >= 4 is 5.78 Å². The summed E-state index contributed by atoms with van der Waals surface area (Å²) >= 11 is 0. The normalized spacial score (nSPS) is 26.4. The van der Waals surface area contributed by atoms with Crippen molar-refractivity contribution in [1.82, 2.24) is 0 Å². The maximum absolute atomic E-state index is 11.9. The maximum Gasteiger partial charge on any atom is 0.138 e. The highest BCUT2D eigenvalue weighted by Gasteiger charge is 2.27. The molecule has 1 aliphatic rings. The minimum Gasteiger partial charge on any atom is -0.299 e. The summed E-state index contributed by atoms with van der Waals surface area (Å²) in [5.74, 6) is 2.85. The van der Waals surface area contributed by atoms with Crippen molar-refractivity contribution in [3.05, 3.63) is 0 Å². The Morgan fingerprint density at radius 1 is 1.06 bits per heavy atom. The summed E-state index contributed by atoms with van der Waals surface area (Å²) in [6, 6.07) is 0. The zero-order valence-electron chi connectivity index (χ0n) is 11.5. The van der Waals surface area contributed by atoms with Crippen molar-refractivity contribution in [3.63, 3.8) is 0 Å². The van der Waals surface area contributed by atoms with Crippen LogP contribution >= 0.6 is 0 Å². The Bertz CT molecular complexity index is 209. The fraction of sp³-hybridized carbons (Fsp3) is 0.933. The lowest BCUT2D eigenvalue weighted by atomic mass is 9.76. The van der Waals surface area contributed by atoms with E-state index >= 15 is 0 Å². The lowest BCUT2D eigenvalue weighted by molar-refractivity contribution is -0.127. The Labute approximate surface area is 101 Å². The Balaban J connectivity index is 2.26. The lowest BCUT2D eigenvalue weighted by Crippen LogP contribution is -2.25. The second-order valence-corrected chi connectivity index (χ2v) is 6.25. The smallest absolute Gasteiger partial charge is 0.138 e. The van der Waals surface area contributed by atoms with Gasteiger partial charge in [-0.15, -0.1) is 0 Å². The van der Waals surface area contributed by atoms with Gasteiger partial charge in [0.2, 0.25) is 0 Å². The van der Waals surface area contributed by atoms with Crippen LogP contribution in [-0.4, -0.2) is 5.78 Å². The molecule has 0 aromatic heterocycles. The first-order valence-corrected chi connectivity index (χ1v) is 7.04. The lowest BCUT2D eigenvalue weighted by Gasteiger charge is -2.29. The van der Waals surface area contributed by atoms with E-state index in [-0.39, 0.29) is 5.92 Å². The van der Waals surface area contributed by atoms with Gasteiger partial charge in [0.25, 0.3) is 0 Å². The number of rotatable bonds is 5.